The second-order valence-electron chi connectivity index (χ2n) is 5.84. The highest BCUT2D eigenvalue weighted by Crippen LogP contribution is 2.29. The van der Waals surface area contributed by atoms with E-state index in [2.05, 4.69) is 61.2 Å². The van der Waals surface area contributed by atoms with E-state index in [4.69, 9.17) is 4.74 Å². The zero-order valence-corrected chi connectivity index (χ0v) is 13.3. The number of benzene rings is 2. The van der Waals surface area contributed by atoms with Crippen molar-refractivity contribution in [3.05, 3.63) is 65.2 Å². The van der Waals surface area contributed by atoms with Crippen LogP contribution >= 0.6 is 0 Å². The molecular weight excluding hydrogens is 258 g/mol. The van der Waals surface area contributed by atoms with E-state index in [9.17, 15) is 0 Å². The van der Waals surface area contributed by atoms with Crippen molar-refractivity contribution in [2.45, 2.75) is 39.2 Å². The Balaban J connectivity index is 2.23. The highest BCUT2D eigenvalue weighted by atomic mass is 16.5. The Hall–Kier alpha value is -1.80. The zero-order valence-electron chi connectivity index (χ0n) is 13.3. The molecule has 0 saturated heterocycles. The van der Waals surface area contributed by atoms with Gasteiger partial charge in [0.15, 0.2) is 0 Å². The van der Waals surface area contributed by atoms with Crippen molar-refractivity contribution in [1.82, 2.24) is 0 Å². The third kappa shape index (κ3) is 4.33. The highest BCUT2D eigenvalue weighted by Gasteiger charge is 2.14. The molecule has 3 N–H and O–H groups in total. The van der Waals surface area contributed by atoms with Gasteiger partial charge in [0.25, 0.3) is 0 Å². The van der Waals surface area contributed by atoms with E-state index in [-0.39, 0.29) is 6.10 Å². The number of hydrogen-bond donors (Lipinski definition) is 1. The second-order valence-corrected chi connectivity index (χ2v) is 5.84. The summed E-state index contributed by atoms with van der Waals surface area (Å²) in [5.41, 5.74) is 8.02. The summed E-state index contributed by atoms with van der Waals surface area (Å²) in [6, 6.07) is 17.3. The number of aryl methyl sites for hydroxylation is 1. The molecule has 0 bridgehead atoms. The van der Waals surface area contributed by atoms with Crippen LogP contribution in [-0.4, -0.2) is 12.6 Å². The van der Waals surface area contributed by atoms with E-state index >= 15 is 0 Å². The molecule has 2 nitrogen and oxygen atoms in total. The van der Waals surface area contributed by atoms with Gasteiger partial charge >= 0.3 is 0 Å². The summed E-state index contributed by atoms with van der Waals surface area (Å²) >= 11 is 0. The third-order valence-corrected chi connectivity index (χ3v) is 3.63. The second kappa shape index (κ2) is 7.28. The highest BCUT2D eigenvalue weighted by molar-refractivity contribution is 5.37. The van der Waals surface area contributed by atoms with Crippen molar-refractivity contribution in [2.24, 2.45) is 0 Å². The lowest BCUT2D eigenvalue weighted by atomic mass is 9.88. The molecule has 21 heavy (non-hydrogen) atoms. The summed E-state index contributed by atoms with van der Waals surface area (Å²) in [6.07, 6.45) is 1.27. The third-order valence-electron chi connectivity index (χ3n) is 3.63. The van der Waals surface area contributed by atoms with Crippen LogP contribution in [0.3, 0.4) is 0 Å². The van der Waals surface area contributed by atoms with Gasteiger partial charge in [-0.25, -0.2) is 0 Å². The summed E-state index contributed by atoms with van der Waals surface area (Å²) in [5, 5.41) is 0. The normalized spacial score (nSPS) is 12.4. The molecule has 0 radical (unpaired) electrons. The topological polar surface area (TPSA) is 36.9 Å². The van der Waals surface area contributed by atoms with Gasteiger partial charge in [0.1, 0.15) is 5.75 Å². The molecule has 0 unspecified atom stereocenters. The van der Waals surface area contributed by atoms with E-state index in [0.717, 1.165) is 18.7 Å². The minimum absolute atomic E-state index is 0.212. The molecule has 0 spiro atoms. The molecule has 0 heterocycles. The van der Waals surface area contributed by atoms with Crippen molar-refractivity contribution < 1.29 is 10.5 Å². The Morgan fingerprint density at radius 3 is 1.90 bits per heavy atom. The lowest BCUT2D eigenvalue weighted by molar-refractivity contribution is -0.368. The summed E-state index contributed by atoms with van der Waals surface area (Å²) in [6.45, 7) is 7.15. The Labute approximate surface area is 127 Å². The minimum Gasteiger partial charge on any atom is -0.491 e. The SMILES string of the molecule is Cc1ccc([C@H](CC[NH3+])c2ccc(OC(C)C)cc2)cc1. The molecule has 2 aromatic rings. The summed E-state index contributed by atoms with van der Waals surface area (Å²) in [4.78, 5) is 0. The van der Waals surface area contributed by atoms with Gasteiger partial charge in [-0.1, -0.05) is 42.0 Å². The van der Waals surface area contributed by atoms with Crippen molar-refractivity contribution in [3.8, 4) is 5.75 Å². The van der Waals surface area contributed by atoms with Gasteiger partial charge in [-0.3, -0.25) is 0 Å². The fourth-order valence-corrected chi connectivity index (χ4v) is 2.58. The van der Waals surface area contributed by atoms with Crippen molar-refractivity contribution in [1.29, 1.82) is 0 Å². The van der Waals surface area contributed by atoms with Gasteiger partial charge in [-0.05, 0) is 44.0 Å². The van der Waals surface area contributed by atoms with Crippen LogP contribution in [0.4, 0.5) is 0 Å². The fraction of sp³-hybridized carbons (Fsp3) is 0.368. The van der Waals surface area contributed by atoms with Gasteiger partial charge in [0.05, 0.1) is 12.6 Å². The number of rotatable bonds is 6. The van der Waals surface area contributed by atoms with E-state index < -0.39 is 0 Å². The first-order valence-electron chi connectivity index (χ1n) is 7.72. The first kappa shape index (κ1) is 15.6. The number of hydrogen-bond acceptors (Lipinski definition) is 1. The maximum absolute atomic E-state index is 5.72. The van der Waals surface area contributed by atoms with Crippen molar-refractivity contribution in [3.63, 3.8) is 0 Å². The van der Waals surface area contributed by atoms with E-state index in [0.29, 0.717) is 5.92 Å². The molecule has 1 atom stereocenters. The summed E-state index contributed by atoms with van der Waals surface area (Å²) < 4.78 is 5.72. The maximum atomic E-state index is 5.72. The van der Waals surface area contributed by atoms with E-state index in [1.54, 1.807) is 0 Å². The van der Waals surface area contributed by atoms with Gasteiger partial charge < -0.3 is 10.5 Å². The van der Waals surface area contributed by atoms with E-state index in [1.165, 1.54) is 16.7 Å². The molecule has 2 aromatic carbocycles. The monoisotopic (exact) mass is 284 g/mol. The van der Waals surface area contributed by atoms with Crippen LogP contribution in [-0.2, 0) is 0 Å². The lowest BCUT2D eigenvalue weighted by Crippen LogP contribution is -2.50. The summed E-state index contributed by atoms with van der Waals surface area (Å²) in [5.74, 6) is 1.35. The van der Waals surface area contributed by atoms with Crippen molar-refractivity contribution >= 4 is 0 Å². The number of ether oxygens (including phenoxy) is 1. The summed E-state index contributed by atoms with van der Waals surface area (Å²) in [7, 11) is 0. The molecule has 112 valence electrons. The van der Waals surface area contributed by atoms with Crippen LogP contribution in [0.15, 0.2) is 48.5 Å². The molecule has 0 fully saturated rings. The van der Waals surface area contributed by atoms with Gasteiger partial charge in [-0.2, -0.15) is 0 Å². The van der Waals surface area contributed by atoms with Gasteiger partial charge in [0.2, 0.25) is 0 Å². The van der Waals surface area contributed by atoms with Crippen LogP contribution in [0.1, 0.15) is 42.9 Å². The molecule has 0 aliphatic rings. The van der Waals surface area contributed by atoms with Crippen LogP contribution < -0.4 is 10.5 Å². The average Bonchev–Trinajstić information content (AvgIpc) is 2.46. The maximum Gasteiger partial charge on any atom is 0.119 e. The number of quaternary nitrogens is 1. The smallest absolute Gasteiger partial charge is 0.119 e. The lowest BCUT2D eigenvalue weighted by Gasteiger charge is -2.18. The molecule has 2 rings (SSSR count). The average molecular weight is 284 g/mol. The molecular formula is C19H26NO+. The Morgan fingerprint density at radius 2 is 1.43 bits per heavy atom. The molecule has 0 aliphatic heterocycles. The van der Waals surface area contributed by atoms with Gasteiger partial charge in [0, 0.05) is 12.3 Å². The van der Waals surface area contributed by atoms with Crippen LogP contribution in [0, 0.1) is 6.92 Å². The molecule has 2 heteroatoms. The quantitative estimate of drug-likeness (QED) is 0.865. The van der Waals surface area contributed by atoms with Crippen LogP contribution in [0.2, 0.25) is 0 Å². The molecule has 0 aromatic heterocycles. The molecule has 0 saturated carbocycles. The predicted molar refractivity (Wildman–Crippen MR) is 87.6 cm³/mol. The Morgan fingerprint density at radius 1 is 0.905 bits per heavy atom. The molecule has 0 aliphatic carbocycles. The van der Waals surface area contributed by atoms with Crippen LogP contribution in [0.25, 0.3) is 0 Å². The largest absolute Gasteiger partial charge is 0.491 e. The fourth-order valence-electron chi connectivity index (χ4n) is 2.58. The first-order chi connectivity index (χ1) is 10.1. The Bertz CT molecular complexity index is 543. The van der Waals surface area contributed by atoms with Gasteiger partial charge in [-0.15, -0.1) is 0 Å². The van der Waals surface area contributed by atoms with Crippen LogP contribution in [0.5, 0.6) is 5.75 Å². The standard InChI is InChI=1S/C19H25NO/c1-14(2)21-18-10-8-17(9-11-18)19(12-13-20)16-6-4-15(3)5-7-16/h4-11,14,19H,12-13,20H2,1-3H3/p+1/t19-/m0/s1. The zero-order chi connectivity index (χ0) is 15.2. The first-order valence-corrected chi connectivity index (χ1v) is 7.72. The van der Waals surface area contributed by atoms with Crippen molar-refractivity contribution in [2.75, 3.05) is 6.54 Å². The van der Waals surface area contributed by atoms with E-state index in [1.807, 2.05) is 13.8 Å². The predicted octanol–water partition coefficient (Wildman–Crippen LogP) is 3.55. The minimum atomic E-state index is 0.212. The Kier molecular flexibility index (Phi) is 5.40. The molecule has 0 amide bonds.